The number of nitrogens with two attached hydrogens (primary N) is 1. The predicted molar refractivity (Wildman–Crippen MR) is 161 cm³/mol. The first-order chi connectivity index (χ1) is 18.0. The fraction of sp³-hybridized carbons (Fsp3) is 0.966. The summed E-state index contributed by atoms with van der Waals surface area (Å²) in [4.78, 5) is 26.0. The van der Waals surface area contributed by atoms with Crippen LogP contribution in [0.1, 0.15) is 53.4 Å². The first-order valence-electron chi connectivity index (χ1n) is 15.2. The van der Waals surface area contributed by atoms with E-state index in [0.717, 1.165) is 52.2 Å². The molecule has 9 heteroatoms. The summed E-state index contributed by atoms with van der Waals surface area (Å²) >= 11 is 0. The van der Waals surface area contributed by atoms with Crippen LogP contribution in [0.3, 0.4) is 0 Å². The molecule has 38 heavy (non-hydrogen) atoms. The maximum absolute atomic E-state index is 11.5. The minimum absolute atomic E-state index is 0.0772. The molecule has 0 bridgehead atoms. The molecule has 0 aromatic heterocycles. The van der Waals surface area contributed by atoms with E-state index in [4.69, 9.17) is 10.5 Å². The number of rotatable bonds is 9. The highest BCUT2D eigenvalue weighted by Gasteiger charge is 2.17. The van der Waals surface area contributed by atoms with Crippen LogP contribution in [-0.2, 0) is 9.53 Å². The molecular formula is C29H63N7O2. The van der Waals surface area contributed by atoms with E-state index in [2.05, 4.69) is 57.5 Å². The van der Waals surface area contributed by atoms with Gasteiger partial charge in [-0.1, -0.05) is 13.3 Å². The zero-order valence-corrected chi connectivity index (χ0v) is 26.2. The van der Waals surface area contributed by atoms with Gasteiger partial charge >= 0.3 is 5.97 Å². The van der Waals surface area contributed by atoms with Crippen LogP contribution in [0.25, 0.3) is 0 Å². The van der Waals surface area contributed by atoms with Gasteiger partial charge in [0, 0.05) is 98.0 Å². The second-order valence-corrected chi connectivity index (χ2v) is 12.3. The maximum Gasteiger partial charge on any atom is 0.306 e. The molecule has 0 amide bonds. The topological polar surface area (TPSA) is 71.8 Å². The monoisotopic (exact) mass is 542 g/mol. The minimum Gasteiger partial charge on any atom is -0.460 e. The van der Waals surface area contributed by atoms with E-state index in [1.54, 1.807) is 0 Å². The molecule has 0 atom stereocenters. The highest BCUT2D eigenvalue weighted by molar-refractivity contribution is 5.69. The van der Waals surface area contributed by atoms with Crippen molar-refractivity contribution in [1.29, 1.82) is 0 Å². The van der Waals surface area contributed by atoms with Gasteiger partial charge in [-0.25, -0.2) is 0 Å². The van der Waals surface area contributed by atoms with Crippen LogP contribution in [0, 0.1) is 0 Å². The Labute approximate surface area is 235 Å². The molecular weight excluding hydrogens is 478 g/mol. The van der Waals surface area contributed by atoms with E-state index in [9.17, 15) is 4.79 Å². The Morgan fingerprint density at radius 1 is 0.658 bits per heavy atom. The lowest BCUT2D eigenvalue weighted by atomic mass is 10.2. The fourth-order valence-electron chi connectivity index (χ4n) is 4.62. The van der Waals surface area contributed by atoms with E-state index in [1.165, 1.54) is 71.7 Å². The van der Waals surface area contributed by atoms with Gasteiger partial charge in [0.2, 0.25) is 0 Å². The lowest BCUT2D eigenvalue weighted by Crippen LogP contribution is -2.45. The molecule has 0 unspecified atom stereocenters. The van der Waals surface area contributed by atoms with E-state index in [-0.39, 0.29) is 11.6 Å². The van der Waals surface area contributed by atoms with Crippen molar-refractivity contribution in [3.8, 4) is 0 Å². The number of hydrogen-bond acceptors (Lipinski definition) is 9. The molecule has 0 spiro atoms. The summed E-state index contributed by atoms with van der Waals surface area (Å²) in [6.07, 6.45) is 4.12. The fourth-order valence-corrected chi connectivity index (χ4v) is 4.62. The number of carbonyl (C=O) groups is 1. The van der Waals surface area contributed by atoms with Gasteiger partial charge in [-0.3, -0.25) is 9.69 Å². The molecule has 0 aromatic carbocycles. The van der Waals surface area contributed by atoms with Crippen molar-refractivity contribution in [3.05, 3.63) is 0 Å². The predicted octanol–water partition coefficient (Wildman–Crippen LogP) is 1.58. The molecule has 3 fully saturated rings. The Morgan fingerprint density at radius 3 is 1.37 bits per heavy atom. The van der Waals surface area contributed by atoms with Gasteiger partial charge in [0.25, 0.3) is 0 Å². The molecule has 0 aromatic rings. The number of hydrogen-bond donors (Lipinski definition) is 1. The number of carbonyl (C=O) groups excluding carboxylic acids is 1. The molecule has 0 saturated carbocycles. The van der Waals surface area contributed by atoms with Gasteiger partial charge in [0.05, 0.1) is 0 Å². The summed E-state index contributed by atoms with van der Waals surface area (Å²) < 4.78 is 5.28. The zero-order chi connectivity index (χ0) is 28.4. The lowest BCUT2D eigenvalue weighted by Gasteiger charge is -2.32. The average Bonchev–Trinajstić information content (AvgIpc) is 2.86. The van der Waals surface area contributed by atoms with Crippen LogP contribution in [0.4, 0.5) is 0 Å². The zero-order valence-electron chi connectivity index (χ0n) is 26.2. The van der Waals surface area contributed by atoms with Crippen LogP contribution in [0.15, 0.2) is 0 Å². The molecule has 226 valence electrons. The van der Waals surface area contributed by atoms with Crippen molar-refractivity contribution in [2.75, 3.05) is 126 Å². The molecule has 0 radical (unpaired) electrons. The average molecular weight is 542 g/mol. The van der Waals surface area contributed by atoms with Crippen LogP contribution in [0.5, 0.6) is 0 Å². The van der Waals surface area contributed by atoms with Gasteiger partial charge < -0.3 is 35.0 Å². The second-order valence-electron chi connectivity index (χ2n) is 12.3. The first kappa shape index (κ1) is 35.2. The summed E-state index contributed by atoms with van der Waals surface area (Å²) in [5, 5.41) is 0. The van der Waals surface area contributed by atoms with Crippen molar-refractivity contribution in [2.45, 2.75) is 59.0 Å². The van der Waals surface area contributed by atoms with E-state index < -0.39 is 0 Å². The van der Waals surface area contributed by atoms with Gasteiger partial charge in [0.1, 0.15) is 5.60 Å². The van der Waals surface area contributed by atoms with Crippen LogP contribution < -0.4 is 5.73 Å². The van der Waals surface area contributed by atoms with Crippen LogP contribution in [0.2, 0.25) is 0 Å². The molecule has 3 rings (SSSR count). The highest BCUT2D eigenvalue weighted by atomic mass is 16.6. The van der Waals surface area contributed by atoms with Gasteiger partial charge in [-0.05, 0) is 67.8 Å². The molecule has 0 aliphatic carbocycles. The number of ether oxygens (including phenoxy) is 1. The van der Waals surface area contributed by atoms with Gasteiger partial charge in [-0.15, -0.1) is 0 Å². The summed E-state index contributed by atoms with van der Waals surface area (Å²) in [7, 11) is 6.52. The number of esters is 1. The Bertz CT molecular complexity index is 575. The summed E-state index contributed by atoms with van der Waals surface area (Å²) in [6.45, 7) is 26.5. The number of piperazine rings is 3. The summed E-state index contributed by atoms with van der Waals surface area (Å²) in [5.41, 5.74) is 5.08. The van der Waals surface area contributed by atoms with Crippen LogP contribution >= 0.6 is 0 Å². The number of likely N-dealkylation sites (N-methyl/N-ethyl adjacent to an activating group) is 3. The summed E-state index contributed by atoms with van der Waals surface area (Å²) in [5.74, 6) is -0.0772. The Morgan fingerprint density at radius 2 is 1.03 bits per heavy atom. The molecule has 9 nitrogen and oxygen atoms in total. The number of unbranched alkanes of at least 4 members (excludes halogenated alkanes) is 1. The SMILES string of the molecule is CCCCN1CCN(C)CC1.CN1CCN(CCCC(=O)OC(C)(C)C)CC1.CN1CCN(CCN)CC1. The Hall–Kier alpha value is -0.810. The quantitative estimate of drug-likeness (QED) is 0.438. The van der Waals surface area contributed by atoms with Crippen molar-refractivity contribution in [2.24, 2.45) is 5.73 Å². The Balaban J connectivity index is 0.000000299. The minimum atomic E-state index is -0.356. The Kier molecular flexibility index (Phi) is 18.7. The van der Waals surface area contributed by atoms with Crippen LogP contribution in [-0.4, -0.2) is 167 Å². The number of nitrogens with zero attached hydrogens (tertiary/aromatic N) is 6. The first-order valence-corrected chi connectivity index (χ1v) is 15.2. The third-order valence-electron chi connectivity index (χ3n) is 7.34. The standard InChI is InChI=1S/C13H26N2O2.C9H20N2.C7H17N3/c1-13(2,3)17-12(16)6-5-7-15-10-8-14(4)9-11-15;1-3-4-5-11-8-6-10(2)7-9-11;1-9-4-6-10(3-2-8)7-5-9/h5-11H2,1-4H3;3-9H2,1-2H3;2-8H2,1H3. The van der Waals surface area contributed by atoms with Crippen molar-refractivity contribution >= 4 is 5.97 Å². The van der Waals surface area contributed by atoms with Crippen molar-refractivity contribution < 1.29 is 9.53 Å². The summed E-state index contributed by atoms with van der Waals surface area (Å²) in [6, 6.07) is 0. The normalized spacial score (nSPS) is 21.3. The molecule has 3 aliphatic heterocycles. The van der Waals surface area contributed by atoms with E-state index in [0.29, 0.717) is 6.42 Å². The smallest absolute Gasteiger partial charge is 0.306 e. The van der Waals surface area contributed by atoms with Gasteiger partial charge in [0.15, 0.2) is 0 Å². The van der Waals surface area contributed by atoms with E-state index >= 15 is 0 Å². The largest absolute Gasteiger partial charge is 0.460 e. The van der Waals surface area contributed by atoms with Crippen molar-refractivity contribution in [3.63, 3.8) is 0 Å². The molecule has 3 saturated heterocycles. The highest BCUT2D eigenvalue weighted by Crippen LogP contribution is 2.10. The second kappa shape index (κ2) is 20.1. The third kappa shape index (κ3) is 18.5. The maximum atomic E-state index is 11.5. The van der Waals surface area contributed by atoms with Gasteiger partial charge in [-0.2, -0.15) is 0 Å². The molecule has 3 heterocycles. The van der Waals surface area contributed by atoms with Crippen molar-refractivity contribution in [1.82, 2.24) is 29.4 Å². The lowest BCUT2D eigenvalue weighted by molar-refractivity contribution is -0.155. The van der Waals surface area contributed by atoms with E-state index in [1.807, 2.05) is 20.8 Å². The molecule has 3 aliphatic rings. The third-order valence-corrected chi connectivity index (χ3v) is 7.34. The molecule has 2 N–H and O–H groups in total.